The van der Waals surface area contributed by atoms with E-state index in [1.54, 1.807) is 5.38 Å². The Morgan fingerprint density at radius 2 is 2.16 bits per heavy atom. The monoisotopic (exact) mass is 282 g/mol. The first-order chi connectivity index (χ1) is 9.15. The minimum absolute atomic E-state index is 0.121. The number of nitrogen functional groups attached to an aromatic ring is 1. The molecule has 2 amide bonds. The van der Waals surface area contributed by atoms with E-state index in [9.17, 15) is 9.59 Å². The van der Waals surface area contributed by atoms with E-state index in [-0.39, 0.29) is 18.2 Å². The first-order valence-electron chi connectivity index (χ1n) is 6.39. The minimum atomic E-state index is -0.125. The highest BCUT2D eigenvalue weighted by Crippen LogP contribution is 2.11. The van der Waals surface area contributed by atoms with Crippen molar-refractivity contribution in [2.75, 3.05) is 25.4 Å². The van der Waals surface area contributed by atoms with Gasteiger partial charge in [-0.05, 0) is 12.8 Å². The SMILES string of the molecule is Nc1nc(CC(=O)NCCC(=O)N2CCCC2)cs1. The number of aromatic nitrogens is 1. The highest BCUT2D eigenvalue weighted by Gasteiger charge is 2.17. The molecule has 104 valence electrons. The molecule has 6 nitrogen and oxygen atoms in total. The highest BCUT2D eigenvalue weighted by molar-refractivity contribution is 7.13. The molecule has 2 heterocycles. The maximum atomic E-state index is 11.7. The summed E-state index contributed by atoms with van der Waals surface area (Å²) in [5, 5.41) is 4.97. The highest BCUT2D eigenvalue weighted by atomic mass is 32.1. The predicted octanol–water partition coefficient (Wildman–Crippen LogP) is 0.396. The molecule has 0 aromatic carbocycles. The third-order valence-corrected chi connectivity index (χ3v) is 3.75. The van der Waals surface area contributed by atoms with Gasteiger partial charge in [0.25, 0.3) is 0 Å². The normalized spacial score (nSPS) is 14.6. The van der Waals surface area contributed by atoms with Crippen LogP contribution in [0.15, 0.2) is 5.38 Å². The van der Waals surface area contributed by atoms with Crippen molar-refractivity contribution in [2.24, 2.45) is 0 Å². The molecule has 0 bridgehead atoms. The van der Waals surface area contributed by atoms with Crippen LogP contribution in [-0.4, -0.2) is 41.3 Å². The lowest BCUT2D eigenvalue weighted by Crippen LogP contribution is -2.33. The fourth-order valence-electron chi connectivity index (χ4n) is 2.06. The zero-order valence-corrected chi connectivity index (χ0v) is 11.5. The average Bonchev–Trinajstić information content (AvgIpc) is 3.00. The van der Waals surface area contributed by atoms with Gasteiger partial charge in [0, 0.05) is 31.4 Å². The number of hydrogen-bond donors (Lipinski definition) is 2. The second-order valence-electron chi connectivity index (χ2n) is 4.54. The molecule has 7 heteroatoms. The smallest absolute Gasteiger partial charge is 0.226 e. The zero-order chi connectivity index (χ0) is 13.7. The van der Waals surface area contributed by atoms with Crippen LogP contribution in [0, 0.1) is 0 Å². The molecule has 2 rings (SSSR count). The van der Waals surface area contributed by atoms with Crippen LogP contribution in [-0.2, 0) is 16.0 Å². The fraction of sp³-hybridized carbons (Fsp3) is 0.583. The molecule has 0 aliphatic carbocycles. The first-order valence-corrected chi connectivity index (χ1v) is 7.27. The second-order valence-corrected chi connectivity index (χ2v) is 5.43. The maximum absolute atomic E-state index is 11.7. The molecule has 0 saturated carbocycles. The van der Waals surface area contributed by atoms with Gasteiger partial charge in [0.15, 0.2) is 5.13 Å². The Morgan fingerprint density at radius 1 is 1.42 bits per heavy atom. The summed E-state index contributed by atoms with van der Waals surface area (Å²) in [7, 11) is 0. The first kappa shape index (κ1) is 13.8. The minimum Gasteiger partial charge on any atom is -0.375 e. The number of nitrogens with one attached hydrogen (secondary N) is 1. The molecule has 0 radical (unpaired) electrons. The van der Waals surface area contributed by atoms with Gasteiger partial charge in [-0.2, -0.15) is 0 Å². The molecule has 1 aromatic rings. The van der Waals surface area contributed by atoms with Gasteiger partial charge in [-0.1, -0.05) is 0 Å². The maximum Gasteiger partial charge on any atom is 0.226 e. The number of nitrogens with two attached hydrogens (primary N) is 1. The van der Waals surface area contributed by atoms with Crippen molar-refractivity contribution >= 4 is 28.3 Å². The number of nitrogens with zero attached hydrogens (tertiary/aromatic N) is 2. The average molecular weight is 282 g/mol. The van der Waals surface area contributed by atoms with E-state index in [0.717, 1.165) is 25.9 Å². The van der Waals surface area contributed by atoms with Crippen LogP contribution in [0.4, 0.5) is 5.13 Å². The number of carbonyl (C=O) groups is 2. The lowest BCUT2D eigenvalue weighted by molar-refractivity contribution is -0.130. The number of anilines is 1. The van der Waals surface area contributed by atoms with Crippen molar-refractivity contribution in [3.63, 3.8) is 0 Å². The summed E-state index contributed by atoms with van der Waals surface area (Å²) in [5.74, 6) is -0.00442. The van der Waals surface area contributed by atoms with Crippen molar-refractivity contribution in [2.45, 2.75) is 25.7 Å². The van der Waals surface area contributed by atoms with Gasteiger partial charge in [-0.25, -0.2) is 4.98 Å². The molecular formula is C12H18N4O2S. The van der Waals surface area contributed by atoms with E-state index in [4.69, 9.17) is 5.73 Å². The van der Waals surface area contributed by atoms with E-state index in [0.29, 0.717) is 23.8 Å². The molecule has 1 saturated heterocycles. The number of rotatable bonds is 5. The second kappa shape index (κ2) is 6.51. The van der Waals surface area contributed by atoms with Crippen LogP contribution in [0.5, 0.6) is 0 Å². The third kappa shape index (κ3) is 4.20. The van der Waals surface area contributed by atoms with E-state index < -0.39 is 0 Å². The molecule has 0 spiro atoms. The van der Waals surface area contributed by atoms with Gasteiger partial charge in [-0.3, -0.25) is 9.59 Å². The van der Waals surface area contributed by atoms with Crippen LogP contribution in [0.25, 0.3) is 0 Å². The Kier molecular flexibility index (Phi) is 4.73. The van der Waals surface area contributed by atoms with Crippen LogP contribution < -0.4 is 11.1 Å². The number of likely N-dealkylation sites (tertiary alicyclic amines) is 1. The third-order valence-electron chi connectivity index (χ3n) is 3.03. The van der Waals surface area contributed by atoms with Crippen molar-refractivity contribution < 1.29 is 9.59 Å². The molecule has 1 fully saturated rings. The summed E-state index contributed by atoms with van der Waals surface area (Å²) in [6, 6.07) is 0. The molecular weight excluding hydrogens is 264 g/mol. The van der Waals surface area contributed by atoms with Crippen molar-refractivity contribution in [3.05, 3.63) is 11.1 Å². The molecule has 0 unspecified atom stereocenters. The summed E-state index contributed by atoms with van der Waals surface area (Å²) < 4.78 is 0. The lowest BCUT2D eigenvalue weighted by atomic mass is 10.3. The van der Waals surface area contributed by atoms with Crippen molar-refractivity contribution in [3.8, 4) is 0 Å². The van der Waals surface area contributed by atoms with Crippen LogP contribution >= 0.6 is 11.3 Å². The summed E-state index contributed by atoms with van der Waals surface area (Å²) in [5.41, 5.74) is 6.16. The summed E-state index contributed by atoms with van der Waals surface area (Å²) in [4.78, 5) is 29.2. The topological polar surface area (TPSA) is 88.3 Å². The number of thiazole rings is 1. The number of amides is 2. The van der Waals surface area contributed by atoms with Gasteiger partial charge < -0.3 is 16.0 Å². The lowest BCUT2D eigenvalue weighted by Gasteiger charge is -2.15. The quantitative estimate of drug-likeness (QED) is 0.818. The number of carbonyl (C=O) groups excluding carboxylic acids is 2. The van der Waals surface area contributed by atoms with E-state index >= 15 is 0 Å². The van der Waals surface area contributed by atoms with Gasteiger partial charge in [0.2, 0.25) is 11.8 Å². The zero-order valence-electron chi connectivity index (χ0n) is 10.7. The molecule has 1 aliphatic heterocycles. The Morgan fingerprint density at radius 3 is 2.79 bits per heavy atom. The molecule has 3 N–H and O–H groups in total. The van der Waals surface area contributed by atoms with Crippen molar-refractivity contribution in [1.82, 2.24) is 15.2 Å². The largest absolute Gasteiger partial charge is 0.375 e. The summed E-state index contributed by atoms with van der Waals surface area (Å²) in [6.07, 6.45) is 2.75. The van der Waals surface area contributed by atoms with Gasteiger partial charge in [0.1, 0.15) is 0 Å². The molecule has 1 aliphatic rings. The fourth-order valence-corrected chi connectivity index (χ4v) is 2.63. The van der Waals surface area contributed by atoms with Gasteiger partial charge in [-0.15, -0.1) is 11.3 Å². The summed E-state index contributed by atoms with van der Waals surface area (Å²) >= 11 is 1.32. The van der Waals surface area contributed by atoms with Crippen LogP contribution in [0.3, 0.4) is 0 Å². The van der Waals surface area contributed by atoms with Crippen LogP contribution in [0.1, 0.15) is 25.0 Å². The molecule has 1 aromatic heterocycles. The Labute approximate surface area is 116 Å². The Balaban J connectivity index is 1.65. The van der Waals surface area contributed by atoms with Crippen molar-refractivity contribution in [1.29, 1.82) is 0 Å². The van der Waals surface area contributed by atoms with Gasteiger partial charge >= 0.3 is 0 Å². The van der Waals surface area contributed by atoms with Crippen LogP contribution in [0.2, 0.25) is 0 Å². The Hall–Kier alpha value is -1.63. The van der Waals surface area contributed by atoms with E-state index in [2.05, 4.69) is 10.3 Å². The molecule has 0 atom stereocenters. The standard InChI is InChI=1S/C12H18N4O2S/c13-12-15-9(8-19-12)7-10(17)14-4-3-11(18)16-5-1-2-6-16/h8H,1-7H2,(H2,13,15)(H,14,17). The Bertz CT molecular complexity index is 454. The van der Waals surface area contributed by atoms with Gasteiger partial charge in [0.05, 0.1) is 12.1 Å². The molecule has 19 heavy (non-hydrogen) atoms. The summed E-state index contributed by atoms with van der Waals surface area (Å²) in [6.45, 7) is 2.09. The number of hydrogen-bond acceptors (Lipinski definition) is 5. The van der Waals surface area contributed by atoms with E-state index in [1.165, 1.54) is 11.3 Å². The predicted molar refractivity (Wildman–Crippen MR) is 73.7 cm³/mol. The van der Waals surface area contributed by atoms with E-state index in [1.807, 2.05) is 4.90 Å².